The van der Waals surface area contributed by atoms with Gasteiger partial charge in [-0.05, 0) is 268 Å². The molecule has 13 aromatic carbocycles. The van der Waals surface area contributed by atoms with Gasteiger partial charge in [0, 0.05) is 45.0 Å². The van der Waals surface area contributed by atoms with E-state index in [1.807, 2.05) is 0 Å². The molecule has 0 N–H and O–H groups in total. The van der Waals surface area contributed by atoms with E-state index in [0.717, 1.165) is 40.5 Å². The normalized spacial score (nSPS) is 16.0. The molecule has 3 fully saturated rings. The van der Waals surface area contributed by atoms with Crippen LogP contribution in [0.1, 0.15) is 233 Å². The van der Waals surface area contributed by atoms with Crippen LogP contribution in [0.15, 0.2) is 297 Å². The van der Waals surface area contributed by atoms with Crippen LogP contribution in [0.4, 0.5) is 34.1 Å². The first-order valence-electron chi connectivity index (χ1n) is 42.3. The molecule has 0 amide bonds. The molecule has 562 valence electrons. The summed E-state index contributed by atoms with van der Waals surface area (Å²) in [5.41, 5.74) is 37.8. The molecular weight excluding hydrogens is 1350 g/mol. The average Bonchev–Trinajstić information content (AvgIpc) is 1.58. The molecule has 0 aliphatic heterocycles. The number of anilines is 6. The van der Waals surface area contributed by atoms with Gasteiger partial charge in [-0.3, -0.25) is 0 Å². The van der Waals surface area contributed by atoms with Crippen LogP contribution in [-0.4, -0.2) is 0 Å². The first-order chi connectivity index (χ1) is 54.3. The molecule has 0 radical (unpaired) electrons. The summed E-state index contributed by atoms with van der Waals surface area (Å²) in [6.07, 6.45) is 20.4. The fraction of sp³-hybridized carbons (Fsp3) is 0.291. The number of hydrogen-bond donors (Lipinski definition) is 0. The molecule has 0 unspecified atom stereocenters. The lowest BCUT2D eigenvalue weighted by molar-refractivity contribution is 0.443. The largest absolute Gasteiger partial charge is 0.310 e. The molecule has 0 heterocycles. The van der Waals surface area contributed by atoms with E-state index in [2.05, 4.69) is 376 Å². The van der Waals surface area contributed by atoms with Crippen LogP contribution in [0.3, 0.4) is 0 Å². The molecule has 0 bridgehead atoms. The minimum Gasteiger partial charge on any atom is -0.310 e. The smallest absolute Gasteiger partial charge is 0.0465 e. The fourth-order valence-corrected chi connectivity index (χ4v) is 19.4. The quantitative estimate of drug-likeness (QED) is 0.107. The van der Waals surface area contributed by atoms with Gasteiger partial charge < -0.3 is 9.80 Å². The van der Waals surface area contributed by atoms with Gasteiger partial charge in [0.15, 0.2) is 0 Å². The molecule has 0 saturated heterocycles. The second kappa shape index (κ2) is 30.9. The molecule has 0 spiro atoms. The zero-order valence-corrected chi connectivity index (χ0v) is 68.0. The highest BCUT2D eigenvalue weighted by atomic mass is 15.1. The lowest BCUT2D eigenvalue weighted by Gasteiger charge is -2.29. The summed E-state index contributed by atoms with van der Waals surface area (Å²) in [4.78, 5) is 4.87. The summed E-state index contributed by atoms with van der Waals surface area (Å²) in [5, 5.41) is 0. The van der Waals surface area contributed by atoms with Gasteiger partial charge in [0.2, 0.25) is 0 Å². The van der Waals surface area contributed by atoms with Gasteiger partial charge in [-0.25, -0.2) is 0 Å². The molecule has 18 rings (SSSR count). The highest BCUT2D eigenvalue weighted by Gasteiger charge is 2.38. The van der Waals surface area contributed by atoms with E-state index >= 15 is 0 Å². The Morgan fingerprint density at radius 1 is 0.223 bits per heavy atom. The number of fused-ring (bicyclic) bond motifs is 6. The van der Waals surface area contributed by atoms with Crippen LogP contribution in [-0.2, 0) is 21.7 Å². The van der Waals surface area contributed by atoms with Crippen LogP contribution in [0.25, 0.3) is 77.9 Å². The van der Waals surface area contributed by atoms with E-state index in [9.17, 15) is 0 Å². The van der Waals surface area contributed by atoms with Gasteiger partial charge in [0.25, 0.3) is 0 Å². The van der Waals surface area contributed by atoms with Crippen molar-refractivity contribution < 1.29 is 0 Å². The Labute approximate surface area is 669 Å². The summed E-state index contributed by atoms with van der Waals surface area (Å²) in [5.74, 6) is 2.19. The van der Waals surface area contributed by atoms with Crippen molar-refractivity contribution in [1.29, 1.82) is 0 Å². The van der Waals surface area contributed by atoms with Crippen LogP contribution in [0, 0.1) is 0 Å². The van der Waals surface area contributed by atoms with Gasteiger partial charge in [-0.15, -0.1) is 0 Å². The summed E-state index contributed by atoms with van der Waals surface area (Å²) in [7, 11) is 0. The SMILES string of the molecule is CC(C)(C)c1cc(-c2ccc(N(c3ccc(-c4ccc(C5CCCCC5)cc4)cc3)c3ccc4c(c3)C(C)(C)c3ccccc3-4)cc2)cc(C(C)(C)C)c1.CC1(C)c2ccccc2-c2ccc(N(c3ccc(-c4ccc(-c5ccc(C6CCCCC6)cc5)cc4)cc3)c3ccc(-c4ccc(C5CCCCC5)cc4)cc3)cc21. The summed E-state index contributed by atoms with van der Waals surface area (Å²) >= 11 is 0. The minimum atomic E-state index is -0.0755. The van der Waals surface area contributed by atoms with Crippen LogP contribution >= 0.6 is 0 Å². The van der Waals surface area contributed by atoms with Crippen LogP contribution in [0.2, 0.25) is 0 Å². The van der Waals surface area contributed by atoms with Crippen molar-refractivity contribution >= 4 is 34.1 Å². The lowest BCUT2D eigenvalue weighted by Crippen LogP contribution is -2.16. The predicted molar refractivity (Wildman–Crippen MR) is 479 cm³/mol. The monoisotopic (exact) mass is 1460 g/mol. The van der Waals surface area contributed by atoms with Gasteiger partial charge in [-0.1, -0.05) is 351 Å². The molecule has 2 nitrogen and oxygen atoms in total. The first-order valence-corrected chi connectivity index (χ1v) is 42.3. The van der Waals surface area contributed by atoms with Gasteiger partial charge in [-0.2, -0.15) is 0 Å². The van der Waals surface area contributed by atoms with E-state index in [0.29, 0.717) is 0 Å². The average molecular weight is 1460 g/mol. The number of rotatable bonds is 14. The Morgan fingerprint density at radius 2 is 0.455 bits per heavy atom. The Morgan fingerprint density at radius 3 is 0.732 bits per heavy atom. The van der Waals surface area contributed by atoms with Gasteiger partial charge in [0.05, 0.1) is 0 Å². The third-order valence-electron chi connectivity index (χ3n) is 26.3. The second-order valence-electron chi connectivity index (χ2n) is 36.4. The topological polar surface area (TPSA) is 6.48 Å². The molecule has 0 aromatic heterocycles. The van der Waals surface area contributed by atoms with Gasteiger partial charge >= 0.3 is 0 Å². The van der Waals surface area contributed by atoms with Crippen molar-refractivity contribution in [2.75, 3.05) is 9.80 Å². The van der Waals surface area contributed by atoms with Crippen molar-refractivity contribution in [3.8, 4) is 77.9 Å². The van der Waals surface area contributed by atoms with Crippen LogP contribution < -0.4 is 9.80 Å². The first kappa shape index (κ1) is 74.2. The molecule has 3 saturated carbocycles. The maximum absolute atomic E-state index is 2.44. The van der Waals surface area contributed by atoms with E-state index < -0.39 is 0 Å². The molecule has 13 aromatic rings. The molecule has 0 atom stereocenters. The highest BCUT2D eigenvalue weighted by Crippen LogP contribution is 2.54. The van der Waals surface area contributed by atoms with E-state index in [1.165, 1.54) is 236 Å². The zero-order valence-electron chi connectivity index (χ0n) is 68.0. The van der Waals surface area contributed by atoms with Crippen LogP contribution in [0.5, 0.6) is 0 Å². The number of benzene rings is 13. The van der Waals surface area contributed by atoms with Crippen molar-refractivity contribution in [2.45, 2.75) is 205 Å². The van der Waals surface area contributed by atoms with Gasteiger partial charge in [0.1, 0.15) is 0 Å². The Balaban J connectivity index is 0.000000163. The second-order valence-corrected chi connectivity index (χ2v) is 36.4. The molecule has 5 aliphatic rings. The van der Waals surface area contributed by atoms with E-state index in [1.54, 1.807) is 0 Å². The summed E-state index contributed by atoms with van der Waals surface area (Å²) in [6.45, 7) is 23.4. The van der Waals surface area contributed by atoms with Crippen molar-refractivity contribution in [3.05, 3.63) is 347 Å². The van der Waals surface area contributed by atoms with Crippen molar-refractivity contribution in [3.63, 3.8) is 0 Å². The fourth-order valence-electron chi connectivity index (χ4n) is 19.4. The zero-order chi connectivity index (χ0) is 76.9. The number of hydrogen-bond acceptors (Lipinski definition) is 2. The highest BCUT2D eigenvalue weighted by molar-refractivity contribution is 5.89. The number of nitrogens with zero attached hydrogens (tertiary/aromatic N) is 2. The maximum atomic E-state index is 2.44. The molecule has 2 heteroatoms. The summed E-state index contributed by atoms with van der Waals surface area (Å²) in [6, 6.07) is 113. The minimum absolute atomic E-state index is 0.0668. The Bertz CT molecular complexity index is 5420. The predicted octanol–water partition coefficient (Wildman–Crippen LogP) is 32.0. The molecular formula is C110H112N2. The van der Waals surface area contributed by atoms with E-state index in [-0.39, 0.29) is 21.7 Å². The Kier molecular flexibility index (Phi) is 20.4. The standard InChI is InChI=1S/C57H55N.C53H57N/c1-57(2)55-16-10-9-15-53(55)54-38-37-52(39-56(54)57)58(50-33-29-48(30-34-50)46-23-19-43(20-24-46)41-13-7-4-8-14-41)51-35-31-49(32-36-51)47-27-25-45(26-28-47)44-21-17-42(18-22-44)40-11-5-3-6-12-40;1-51(2,3)42-32-41(33-43(34-42)52(4,5)6)40-24-28-45(29-25-40)54(46-30-31-48-47-16-12-13-17-49(47)53(7,8)50(48)35-46)44-26-22-39(23-27-44)38-20-18-37(19-21-38)36-14-10-9-11-15-36/h9-10,15-41H,3-8,11-14H2,1-2H3;12-13,16-36H,9-11,14-15H2,1-8H3. The Hall–Kier alpha value is -10.5. The third-order valence-corrected chi connectivity index (χ3v) is 26.3. The van der Waals surface area contributed by atoms with Crippen molar-refractivity contribution in [2.24, 2.45) is 0 Å². The summed E-state index contributed by atoms with van der Waals surface area (Å²) < 4.78 is 0. The third kappa shape index (κ3) is 15.0. The lowest BCUT2D eigenvalue weighted by atomic mass is 9.79. The van der Waals surface area contributed by atoms with E-state index in [4.69, 9.17) is 0 Å². The maximum Gasteiger partial charge on any atom is 0.0465 e. The molecule has 5 aliphatic carbocycles. The molecule has 112 heavy (non-hydrogen) atoms. The van der Waals surface area contributed by atoms with Crippen molar-refractivity contribution in [1.82, 2.24) is 0 Å².